The molecule has 8 heteroatoms. The van der Waals surface area contributed by atoms with E-state index in [-0.39, 0.29) is 5.91 Å². The van der Waals surface area contributed by atoms with Gasteiger partial charge in [-0.25, -0.2) is 4.57 Å². The summed E-state index contributed by atoms with van der Waals surface area (Å²) in [7, 11) is -4.64. The average molecular weight is 239 g/mol. The van der Waals surface area contributed by atoms with E-state index >= 15 is 0 Å². The number of rotatable bonds is 0. The van der Waals surface area contributed by atoms with Gasteiger partial charge in [0.05, 0.1) is 11.8 Å². The quantitative estimate of drug-likeness (QED) is 0.402. The summed E-state index contributed by atoms with van der Waals surface area (Å²) in [6.07, 6.45) is 4.67. The Morgan fingerprint density at radius 2 is 2.07 bits per heavy atom. The molecule has 2 aliphatic rings. The van der Waals surface area contributed by atoms with Crippen molar-refractivity contribution >= 4 is 25.5 Å². The van der Waals surface area contributed by atoms with Gasteiger partial charge in [-0.3, -0.25) is 4.79 Å². The number of nitrogens with zero attached hydrogens (tertiary/aromatic N) is 1. The molecule has 6 nitrogen and oxygen atoms in total. The summed E-state index contributed by atoms with van der Waals surface area (Å²) < 4.78 is 8.88. The standard InChI is InChI=1S/C6H7NOS.H3O4P/c8-5-4-6-7(5)2-1-3-9-6;1-5(2,3)4/h1-2,6H,3-4H2;(H3,1,2,3,4). The molecule has 1 unspecified atom stereocenters. The van der Waals surface area contributed by atoms with Crippen LogP contribution >= 0.6 is 19.6 Å². The first-order chi connectivity index (χ1) is 6.38. The first kappa shape index (κ1) is 11.7. The van der Waals surface area contributed by atoms with Crippen LogP contribution in [0.1, 0.15) is 6.42 Å². The van der Waals surface area contributed by atoms with Gasteiger partial charge in [0.2, 0.25) is 5.91 Å². The van der Waals surface area contributed by atoms with Crippen LogP contribution in [-0.2, 0) is 9.36 Å². The molecule has 0 bridgehead atoms. The minimum atomic E-state index is -4.64. The molecule has 1 amide bonds. The Morgan fingerprint density at radius 3 is 2.43 bits per heavy atom. The lowest BCUT2D eigenvalue weighted by Gasteiger charge is -2.39. The Morgan fingerprint density at radius 1 is 1.50 bits per heavy atom. The van der Waals surface area contributed by atoms with Crippen LogP contribution in [0, 0.1) is 0 Å². The molecule has 1 fully saturated rings. The lowest BCUT2D eigenvalue weighted by atomic mass is 10.2. The van der Waals surface area contributed by atoms with E-state index in [1.54, 1.807) is 4.90 Å². The van der Waals surface area contributed by atoms with E-state index in [4.69, 9.17) is 19.2 Å². The maximum Gasteiger partial charge on any atom is 0.466 e. The predicted octanol–water partition coefficient (Wildman–Crippen LogP) is -0.123. The molecule has 2 heterocycles. The van der Waals surface area contributed by atoms with Crippen LogP contribution < -0.4 is 0 Å². The lowest BCUT2D eigenvalue weighted by Crippen LogP contribution is -2.48. The summed E-state index contributed by atoms with van der Waals surface area (Å²) in [5.74, 6) is 1.33. The van der Waals surface area contributed by atoms with E-state index in [1.807, 2.05) is 24.0 Å². The summed E-state index contributed by atoms with van der Waals surface area (Å²) >= 11 is 1.84. The fourth-order valence-electron chi connectivity index (χ4n) is 1.04. The highest BCUT2D eigenvalue weighted by atomic mass is 32.2. The second-order valence-corrected chi connectivity index (χ2v) is 4.93. The predicted molar refractivity (Wildman–Crippen MR) is 51.1 cm³/mol. The average Bonchev–Trinajstić information content (AvgIpc) is 2.00. The largest absolute Gasteiger partial charge is 0.466 e. The zero-order chi connectivity index (χ0) is 10.8. The Hall–Kier alpha value is -0.330. The topological polar surface area (TPSA) is 98.1 Å². The summed E-state index contributed by atoms with van der Waals surface area (Å²) in [6, 6.07) is 0. The van der Waals surface area contributed by atoms with Gasteiger partial charge < -0.3 is 19.6 Å². The number of thioether (sulfide) groups is 1. The SMILES string of the molecule is O=C1CC2SCC=CN12.O=P(O)(O)O. The number of amides is 1. The van der Waals surface area contributed by atoms with Gasteiger partial charge in [0.25, 0.3) is 0 Å². The third-order valence-electron chi connectivity index (χ3n) is 1.60. The molecule has 2 rings (SSSR count). The number of fused-ring (bicyclic) bond motifs is 1. The van der Waals surface area contributed by atoms with Crippen molar-refractivity contribution in [1.82, 2.24) is 4.90 Å². The molecule has 0 aromatic carbocycles. The Balaban J connectivity index is 0.000000171. The summed E-state index contributed by atoms with van der Waals surface area (Å²) in [6.45, 7) is 0. The van der Waals surface area contributed by atoms with Gasteiger partial charge in [-0.15, -0.1) is 11.8 Å². The zero-order valence-electron chi connectivity index (χ0n) is 7.11. The third kappa shape index (κ3) is 3.81. The van der Waals surface area contributed by atoms with Crippen LogP contribution in [0.5, 0.6) is 0 Å². The van der Waals surface area contributed by atoms with E-state index in [9.17, 15) is 4.79 Å². The normalized spacial score (nSPS) is 24.6. The smallest absolute Gasteiger partial charge is 0.306 e. The van der Waals surface area contributed by atoms with Crippen LogP contribution in [0.25, 0.3) is 0 Å². The number of phosphoric acid groups is 1. The number of carbonyl (C=O) groups is 1. The molecule has 0 saturated carbocycles. The van der Waals surface area contributed by atoms with E-state index in [0.29, 0.717) is 5.37 Å². The van der Waals surface area contributed by atoms with Crippen LogP contribution in [0.2, 0.25) is 0 Å². The second kappa shape index (κ2) is 4.46. The van der Waals surface area contributed by atoms with Crippen LogP contribution in [-0.4, -0.2) is 36.6 Å². The van der Waals surface area contributed by atoms with E-state index < -0.39 is 7.82 Å². The first-order valence-electron chi connectivity index (χ1n) is 3.75. The maximum absolute atomic E-state index is 10.7. The van der Waals surface area contributed by atoms with E-state index in [1.165, 1.54) is 0 Å². The van der Waals surface area contributed by atoms with Crippen molar-refractivity contribution in [2.45, 2.75) is 11.8 Å². The molecule has 1 saturated heterocycles. The van der Waals surface area contributed by atoms with E-state index in [2.05, 4.69) is 0 Å². The van der Waals surface area contributed by atoms with Crippen LogP contribution in [0.4, 0.5) is 0 Å². The third-order valence-corrected chi connectivity index (χ3v) is 2.76. The molecule has 3 N–H and O–H groups in total. The van der Waals surface area contributed by atoms with E-state index in [0.717, 1.165) is 12.2 Å². The van der Waals surface area contributed by atoms with Gasteiger partial charge in [0.1, 0.15) is 0 Å². The van der Waals surface area contributed by atoms with Crippen molar-refractivity contribution in [1.29, 1.82) is 0 Å². The molecular formula is C6H10NO5PS. The number of hydrogen-bond acceptors (Lipinski definition) is 3. The molecule has 0 aliphatic carbocycles. The molecule has 2 aliphatic heterocycles. The molecule has 0 spiro atoms. The lowest BCUT2D eigenvalue weighted by molar-refractivity contribution is -0.137. The maximum atomic E-state index is 10.7. The second-order valence-electron chi connectivity index (χ2n) is 2.69. The van der Waals surface area contributed by atoms with Crippen molar-refractivity contribution in [3.05, 3.63) is 12.3 Å². The van der Waals surface area contributed by atoms with Gasteiger partial charge in [0.15, 0.2) is 0 Å². The molecule has 80 valence electrons. The highest BCUT2D eigenvalue weighted by Crippen LogP contribution is 2.32. The highest BCUT2D eigenvalue weighted by molar-refractivity contribution is 8.00. The first-order valence-corrected chi connectivity index (χ1v) is 6.37. The Labute approximate surface area is 84.8 Å². The van der Waals surface area contributed by atoms with Gasteiger partial charge in [0, 0.05) is 12.0 Å². The minimum Gasteiger partial charge on any atom is -0.306 e. The monoisotopic (exact) mass is 239 g/mol. The van der Waals surface area contributed by atoms with Gasteiger partial charge >= 0.3 is 7.82 Å². The van der Waals surface area contributed by atoms with Crippen molar-refractivity contribution in [2.24, 2.45) is 0 Å². The number of carbonyl (C=O) groups excluding carboxylic acids is 1. The summed E-state index contributed by atoms with van der Waals surface area (Å²) in [4.78, 5) is 34.1. The fraction of sp³-hybridized carbons (Fsp3) is 0.500. The molecule has 0 aromatic heterocycles. The van der Waals surface area contributed by atoms with Gasteiger partial charge in [-0.05, 0) is 0 Å². The Bertz CT molecular complexity index is 292. The minimum absolute atomic E-state index is 0.267. The number of β-lactam (4-membered cyclic amide) rings is 1. The molecule has 14 heavy (non-hydrogen) atoms. The highest BCUT2D eigenvalue weighted by Gasteiger charge is 2.35. The van der Waals surface area contributed by atoms with Crippen LogP contribution in [0.3, 0.4) is 0 Å². The Kier molecular flexibility index (Phi) is 3.74. The molecule has 0 aromatic rings. The van der Waals surface area contributed by atoms with Crippen molar-refractivity contribution in [3.63, 3.8) is 0 Å². The number of hydrogen-bond donors (Lipinski definition) is 3. The summed E-state index contributed by atoms with van der Waals surface area (Å²) in [5.41, 5.74) is 0. The fourth-order valence-corrected chi connectivity index (χ4v) is 2.07. The summed E-state index contributed by atoms with van der Waals surface area (Å²) in [5, 5.41) is 0.475. The van der Waals surface area contributed by atoms with Crippen molar-refractivity contribution in [2.75, 3.05) is 5.75 Å². The molecule has 0 radical (unpaired) electrons. The molecular weight excluding hydrogens is 229 g/mol. The van der Waals surface area contributed by atoms with Gasteiger partial charge in [-0.1, -0.05) is 6.08 Å². The van der Waals surface area contributed by atoms with Gasteiger partial charge in [-0.2, -0.15) is 0 Å². The van der Waals surface area contributed by atoms with Crippen LogP contribution in [0.15, 0.2) is 12.3 Å². The van der Waals surface area contributed by atoms with Crippen molar-refractivity contribution in [3.8, 4) is 0 Å². The zero-order valence-corrected chi connectivity index (χ0v) is 8.82. The molecule has 1 atom stereocenters. The van der Waals surface area contributed by atoms with Crippen molar-refractivity contribution < 1.29 is 24.0 Å².